The van der Waals surface area contributed by atoms with Crippen LogP contribution in [0.1, 0.15) is 19.3 Å². The minimum Gasteiger partial charge on any atom is -0.506 e. The summed E-state index contributed by atoms with van der Waals surface area (Å²) in [4.78, 5) is 17.7. The number of halogens is 2. The van der Waals surface area contributed by atoms with Crippen LogP contribution in [0.5, 0.6) is 17.2 Å². The first-order valence-electron chi connectivity index (χ1n) is 10.5. The van der Waals surface area contributed by atoms with Crippen LogP contribution in [-0.2, 0) is 4.84 Å². The van der Waals surface area contributed by atoms with E-state index < -0.39 is 0 Å². The molecule has 2 aromatic rings. The molecule has 1 heterocycles. The normalized spacial score (nSPS) is 18.4. The van der Waals surface area contributed by atoms with Crippen LogP contribution in [0.4, 0.5) is 10.5 Å². The summed E-state index contributed by atoms with van der Waals surface area (Å²) in [6.45, 7) is 2.12. The van der Waals surface area contributed by atoms with Crippen molar-refractivity contribution in [2.75, 3.05) is 31.6 Å². The fourth-order valence-electron chi connectivity index (χ4n) is 3.21. The SMILES string of the molecule is O=C(Nc1cc(Cl)c(O)cc1OCCCN1CC(Oc2ccc(Cl)cc2)CO1)NC1CC1. The lowest BCUT2D eigenvalue weighted by Crippen LogP contribution is -2.30. The number of ether oxygens (including phenoxy) is 2. The van der Waals surface area contributed by atoms with E-state index >= 15 is 0 Å². The predicted octanol–water partition coefficient (Wildman–Crippen LogP) is 4.45. The zero-order valence-corrected chi connectivity index (χ0v) is 18.9. The molecule has 1 atom stereocenters. The van der Waals surface area contributed by atoms with Crippen LogP contribution in [0.15, 0.2) is 36.4 Å². The predicted molar refractivity (Wildman–Crippen MR) is 122 cm³/mol. The van der Waals surface area contributed by atoms with Crippen molar-refractivity contribution in [2.24, 2.45) is 0 Å². The Balaban J connectivity index is 1.22. The molecule has 172 valence electrons. The zero-order valence-electron chi connectivity index (χ0n) is 17.4. The standard InChI is InChI=1S/C22H25Cl2N3O5/c23-14-2-6-16(7-3-14)32-17-12-27(31-13-17)8-1-9-30-21-11-20(28)18(24)10-19(21)26-22(29)25-15-4-5-15/h2-3,6-7,10-11,15,17,28H,1,4-5,8-9,12-13H2,(H2,25,26,29). The number of benzene rings is 2. The Kier molecular flexibility index (Phi) is 7.47. The average molecular weight is 482 g/mol. The number of anilines is 1. The van der Waals surface area contributed by atoms with Crippen molar-refractivity contribution in [2.45, 2.75) is 31.4 Å². The Morgan fingerprint density at radius 2 is 2.00 bits per heavy atom. The van der Waals surface area contributed by atoms with Gasteiger partial charge in [0.05, 0.1) is 23.9 Å². The van der Waals surface area contributed by atoms with E-state index in [-0.39, 0.29) is 28.9 Å². The molecule has 1 aliphatic heterocycles. The molecule has 2 fully saturated rings. The summed E-state index contributed by atoms with van der Waals surface area (Å²) >= 11 is 11.9. The van der Waals surface area contributed by atoms with Gasteiger partial charge in [0.25, 0.3) is 0 Å². The summed E-state index contributed by atoms with van der Waals surface area (Å²) in [7, 11) is 0. The third-order valence-corrected chi connectivity index (χ3v) is 5.54. The molecule has 1 saturated heterocycles. The molecule has 2 aromatic carbocycles. The van der Waals surface area contributed by atoms with E-state index in [0.717, 1.165) is 18.6 Å². The van der Waals surface area contributed by atoms with E-state index in [1.165, 1.54) is 12.1 Å². The van der Waals surface area contributed by atoms with Gasteiger partial charge < -0.3 is 25.2 Å². The quantitative estimate of drug-likeness (QED) is 0.362. The van der Waals surface area contributed by atoms with Gasteiger partial charge in [-0.05, 0) is 49.6 Å². The molecule has 0 radical (unpaired) electrons. The molecule has 1 saturated carbocycles. The minimum atomic E-state index is -0.323. The fourth-order valence-corrected chi connectivity index (χ4v) is 3.50. The second-order valence-corrected chi connectivity index (χ2v) is 8.60. The van der Waals surface area contributed by atoms with Crippen molar-refractivity contribution in [3.63, 3.8) is 0 Å². The van der Waals surface area contributed by atoms with E-state index in [1.54, 1.807) is 12.1 Å². The second-order valence-electron chi connectivity index (χ2n) is 7.75. The van der Waals surface area contributed by atoms with Crippen molar-refractivity contribution >= 4 is 34.9 Å². The van der Waals surface area contributed by atoms with E-state index in [0.29, 0.717) is 49.2 Å². The van der Waals surface area contributed by atoms with Crippen LogP contribution < -0.4 is 20.1 Å². The molecular formula is C22H25Cl2N3O5. The second kappa shape index (κ2) is 10.5. The van der Waals surface area contributed by atoms with Gasteiger partial charge in [-0.25, -0.2) is 4.79 Å². The van der Waals surface area contributed by atoms with Crippen LogP contribution in [0.2, 0.25) is 10.0 Å². The number of carbonyl (C=O) groups is 1. The zero-order chi connectivity index (χ0) is 22.5. The first kappa shape index (κ1) is 22.8. The van der Waals surface area contributed by atoms with E-state index in [2.05, 4.69) is 10.6 Å². The van der Waals surface area contributed by atoms with E-state index in [1.807, 2.05) is 17.2 Å². The van der Waals surface area contributed by atoms with Crippen molar-refractivity contribution < 1.29 is 24.2 Å². The third-order valence-electron chi connectivity index (χ3n) is 4.99. The highest BCUT2D eigenvalue weighted by atomic mass is 35.5. The maximum absolute atomic E-state index is 12.1. The first-order valence-corrected chi connectivity index (χ1v) is 11.2. The average Bonchev–Trinajstić information content (AvgIpc) is 3.46. The number of phenols is 1. The van der Waals surface area contributed by atoms with Gasteiger partial charge in [-0.15, -0.1) is 0 Å². The Labute approximate surface area is 196 Å². The lowest BCUT2D eigenvalue weighted by molar-refractivity contribution is -0.111. The van der Waals surface area contributed by atoms with E-state index in [4.69, 9.17) is 37.5 Å². The maximum Gasteiger partial charge on any atom is 0.319 e. The smallest absolute Gasteiger partial charge is 0.319 e. The van der Waals surface area contributed by atoms with Crippen LogP contribution in [0.25, 0.3) is 0 Å². The van der Waals surface area contributed by atoms with Gasteiger partial charge in [0, 0.05) is 23.7 Å². The number of amides is 2. The van der Waals surface area contributed by atoms with Crippen molar-refractivity contribution in [3.05, 3.63) is 46.4 Å². The summed E-state index contributed by atoms with van der Waals surface area (Å²) in [6.07, 6.45) is 2.57. The van der Waals surface area contributed by atoms with Gasteiger partial charge in [0.2, 0.25) is 0 Å². The van der Waals surface area contributed by atoms with Crippen LogP contribution in [0, 0.1) is 0 Å². The molecule has 1 aliphatic carbocycles. The molecule has 0 spiro atoms. The number of nitrogens with one attached hydrogen (secondary N) is 2. The summed E-state index contributed by atoms with van der Waals surface area (Å²) in [5.74, 6) is 0.991. The summed E-state index contributed by atoms with van der Waals surface area (Å²) < 4.78 is 11.7. The number of aromatic hydroxyl groups is 1. The number of hydrogen-bond donors (Lipinski definition) is 3. The van der Waals surface area contributed by atoms with Crippen LogP contribution in [0.3, 0.4) is 0 Å². The topological polar surface area (TPSA) is 92.3 Å². The monoisotopic (exact) mass is 481 g/mol. The maximum atomic E-state index is 12.1. The minimum absolute atomic E-state index is 0.0638. The first-order chi connectivity index (χ1) is 15.5. The number of carbonyl (C=O) groups excluding carboxylic acids is 1. The Hall–Kier alpha value is -2.39. The number of nitrogens with zero attached hydrogens (tertiary/aromatic N) is 1. The van der Waals surface area contributed by atoms with E-state index in [9.17, 15) is 9.90 Å². The van der Waals surface area contributed by atoms with Gasteiger partial charge in [-0.1, -0.05) is 23.2 Å². The fraction of sp³-hybridized carbons (Fsp3) is 0.409. The summed E-state index contributed by atoms with van der Waals surface area (Å²) in [6, 6.07) is 10.0. The molecule has 32 heavy (non-hydrogen) atoms. The molecule has 0 bridgehead atoms. The van der Waals surface area contributed by atoms with Gasteiger partial charge >= 0.3 is 6.03 Å². The molecule has 8 nitrogen and oxygen atoms in total. The van der Waals surface area contributed by atoms with Crippen molar-refractivity contribution in [1.29, 1.82) is 0 Å². The van der Waals surface area contributed by atoms with Crippen molar-refractivity contribution in [1.82, 2.24) is 10.4 Å². The largest absolute Gasteiger partial charge is 0.506 e. The van der Waals surface area contributed by atoms with Gasteiger partial charge in [0.15, 0.2) is 0 Å². The lowest BCUT2D eigenvalue weighted by atomic mass is 10.2. The number of phenolic OH excluding ortho intramolecular Hbond substituents is 1. The molecule has 0 aromatic heterocycles. The highest BCUT2D eigenvalue weighted by Gasteiger charge is 2.25. The summed E-state index contributed by atoms with van der Waals surface area (Å²) in [5.41, 5.74) is 0.403. The molecule has 4 rings (SSSR count). The van der Waals surface area contributed by atoms with Crippen LogP contribution in [-0.4, -0.2) is 54.6 Å². The van der Waals surface area contributed by atoms with Gasteiger partial charge in [-0.3, -0.25) is 4.84 Å². The van der Waals surface area contributed by atoms with Gasteiger partial charge in [0.1, 0.15) is 30.0 Å². The van der Waals surface area contributed by atoms with Gasteiger partial charge in [-0.2, -0.15) is 5.06 Å². The Bertz CT molecular complexity index is 940. The molecular weight excluding hydrogens is 457 g/mol. The molecule has 2 amide bonds. The number of rotatable bonds is 9. The molecule has 10 heteroatoms. The lowest BCUT2D eigenvalue weighted by Gasteiger charge is -2.16. The molecule has 1 unspecified atom stereocenters. The third kappa shape index (κ3) is 6.56. The van der Waals surface area contributed by atoms with Crippen LogP contribution >= 0.6 is 23.2 Å². The summed E-state index contributed by atoms with van der Waals surface area (Å²) in [5, 5.41) is 18.1. The van der Waals surface area contributed by atoms with Crippen molar-refractivity contribution in [3.8, 4) is 17.2 Å². The molecule has 2 aliphatic rings. The molecule has 3 N–H and O–H groups in total. The Morgan fingerprint density at radius 3 is 2.75 bits per heavy atom. The number of hydroxylamine groups is 2. The highest BCUT2D eigenvalue weighted by Crippen LogP contribution is 2.35. The number of hydrogen-bond acceptors (Lipinski definition) is 6. The Morgan fingerprint density at radius 1 is 1.22 bits per heavy atom. The highest BCUT2D eigenvalue weighted by molar-refractivity contribution is 6.32. The number of urea groups is 1.